The molecule has 1 aliphatic carbocycles. The molecule has 0 saturated carbocycles. The van der Waals surface area contributed by atoms with E-state index in [-0.39, 0.29) is 28.8 Å². The van der Waals surface area contributed by atoms with Crippen molar-refractivity contribution in [3.05, 3.63) is 77.9 Å². The Morgan fingerprint density at radius 2 is 1.74 bits per heavy atom. The van der Waals surface area contributed by atoms with Crippen molar-refractivity contribution in [3.63, 3.8) is 0 Å². The Kier molecular flexibility index (Phi) is 8.09. The summed E-state index contributed by atoms with van der Waals surface area (Å²) in [5.74, 6) is 0.171. The molecule has 0 fully saturated rings. The fraction of sp³-hybridized carbons (Fsp3) is 0.462. The van der Waals surface area contributed by atoms with Gasteiger partial charge in [-0.3, -0.25) is 4.18 Å². The monoisotopic (exact) mass is 442 g/mol. The quantitative estimate of drug-likeness (QED) is 0.339. The summed E-state index contributed by atoms with van der Waals surface area (Å²) >= 11 is 0. The van der Waals surface area contributed by atoms with Gasteiger partial charge in [0.2, 0.25) is 0 Å². The summed E-state index contributed by atoms with van der Waals surface area (Å²) in [4.78, 5) is 0.203. The predicted octanol–water partition coefficient (Wildman–Crippen LogP) is 5.92. The van der Waals surface area contributed by atoms with Gasteiger partial charge in [-0.05, 0) is 61.1 Å². The van der Waals surface area contributed by atoms with Gasteiger partial charge in [-0.25, -0.2) is 0 Å². The first-order chi connectivity index (χ1) is 14.8. The molecule has 0 aliphatic heterocycles. The van der Waals surface area contributed by atoms with Crippen molar-refractivity contribution in [1.82, 2.24) is 0 Å². The fourth-order valence-corrected chi connectivity index (χ4v) is 5.27. The minimum atomic E-state index is -3.80. The SMILES string of the molecule is Cc1ccc(S(=O)(=O)OC[C@@H]([C@H](C)COCc2ccccc2)[C@]2(C)C=CCCC2)cc1. The third-order valence-corrected chi connectivity index (χ3v) is 7.62. The molecule has 168 valence electrons. The van der Waals surface area contributed by atoms with Crippen LogP contribution < -0.4 is 0 Å². The number of benzene rings is 2. The van der Waals surface area contributed by atoms with Crippen LogP contribution in [-0.2, 0) is 25.6 Å². The first-order valence-corrected chi connectivity index (χ1v) is 12.5. The van der Waals surface area contributed by atoms with Gasteiger partial charge < -0.3 is 4.74 Å². The number of aryl methyl sites for hydroxylation is 1. The zero-order chi connectivity index (χ0) is 22.3. The summed E-state index contributed by atoms with van der Waals surface area (Å²) in [6.45, 7) is 7.52. The Hall–Kier alpha value is -1.95. The molecule has 0 radical (unpaired) electrons. The molecule has 1 aliphatic rings. The van der Waals surface area contributed by atoms with E-state index >= 15 is 0 Å². The van der Waals surface area contributed by atoms with Crippen LogP contribution in [0, 0.1) is 24.2 Å². The third-order valence-electron chi connectivity index (χ3n) is 6.32. The number of allylic oxidation sites excluding steroid dienone is 2. The van der Waals surface area contributed by atoms with Crippen LogP contribution in [0.15, 0.2) is 71.6 Å². The molecule has 0 aromatic heterocycles. The van der Waals surface area contributed by atoms with Crippen molar-refractivity contribution in [2.45, 2.75) is 51.5 Å². The van der Waals surface area contributed by atoms with Gasteiger partial charge in [0, 0.05) is 6.61 Å². The van der Waals surface area contributed by atoms with E-state index in [2.05, 4.69) is 26.0 Å². The molecule has 31 heavy (non-hydrogen) atoms. The van der Waals surface area contributed by atoms with E-state index in [0.717, 1.165) is 30.4 Å². The van der Waals surface area contributed by atoms with Crippen molar-refractivity contribution in [2.24, 2.45) is 17.3 Å². The number of rotatable bonds is 10. The van der Waals surface area contributed by atoms with Crippen molar-refractivity contribution in [1.29, 1.82) is 0 Å². The molecule has 0 spiro atoms. The first-order valence-electron chi connectivity index (χ1n) is 11.1. The van der Waals surface area contributed by atoms with E-state index in [1.165, 1.54) is 0 Å². The number of hydrogen-bond acceptors (Lipinski definition) is 4. The summed E-state index contributed by atoms with van der Waals surface area (Å²) < 4.78 is 37.2. The summed E-state index contributed by atoms with van der Waals surface area (Å²) in [6.07, 6.45) is 7.65. The molecule has 4 nitrogen and oxygen atoms in total. The first kappa shape index (κ1) is 23.7. The van der Waals surface area contributed by atoms with Crippen LogP contribution >= 0.6 is 0 Å². The van der Waals surface area contributed by atoms with Gasteiger partial charge in [-0.15, -0.1) is 0 Å². The van der Waals surface area contributed by atoms with Crippen LogP contribution in [0.25, 0.3) is 0 Å². The highest BCUT2D eigenvalue weighted by Gasteiger charge is 2.37. The normalized spacial score (nSPS) is 21.0. The molecule has 0 heterocycles. The topological polar surface area (TPSA) is 52.6 Å². The average molecular weight is 443 g/mol. The zero-order valence-corrected chi connectivity index (χ0v) is 19.6. The molecule has 0 saturated heterocycles. The molecule has 2 aromatic rings. The molecule has 3 atom stereocenters. The highest BCUT2D eigenvalue weighted by molar-refractivity contribution is 7.86. The molecule has 5 heteroatoms. The lowest BCUT2D eigenvalue weighted by molar-refractivity contribution is 0.0230. The minimum Gasteiger partial charge on any atom is -0.376 e. The maximum atomic E-state index is 12.8. The van der Waals surface area contributed by atoms with Crippen molar-refractivity contribution in [2.75, 3.05) is 13.2 Å². The minimum absolute atomic E-state index is 0.0278. The van der Waals surface area contributed by atoms with Gasteiger partial charge in [0.15, 0.2) is 0 Å². The Balaban J connectivity index is 1.69. The molecule has 0 unspecified atom stereocenters. The van der Waals surface area contributed by atoms with Crippen molar-refractivity contribution in [3.8, 4) is 0 Å². The summed E-state index contributed by atoms with van der Waals surface area (Å²) in [5.41, 5.74) is 2.03. The van der Waals surface area contributed by atoms with Crippen LogP contribution in [0.1, 0.15) is 44.2 Å². The van der Waals surface area contributed by atoms with E-state index in [4.69, 9.17) is 8.92 Å². The second-order valence-electron chi connectivity index (χ2n) is 8.94. The van der Waals surface area contributed by atoms with Crippen molar-refractivity contribution >= 4 is 10.1 Å². The molecule has 0 N–H and O–H groups in total. The Labute approximate surface area is 187 Å². The highest BCUT2D eigenvalue weighted by Crippen LogP contribution is 2.42. The van der Waals surface area contributed by atoms with Crippen molar-refractivity contribution < 1.29 is 17.3 Å². The van der Waals surface area contributed by atoms with Crippen LogP contribution in [0.3, 0.4) is 0 Å². The van der Waals surface area contributed by atoms with Gasteiger partial charge in [-0.2, -0.15) is 8.42 Å². The Morgan fingerprint density at radius 1 is 1.03 bits per heavy atom. The van der Waals surface area contributed by atoms with Crippen LogP contribution in [0.5, 0.6) is 0 Å². The molecular formula is C26H34O4S. The van der Waals surface area contributed by atoms with E-state index in [1.54, 1.807) is 24.3 Å². The predicted molar refractivity (Wildman–Crippen MR) is 124 cm³/mol. The maximum absolute atomic E-state index is 12.8. The Bertz CT molecular complexity index is 951. The van der Waals surface area contributed by atoms with Gasteiger partial charge >= 0.3 is 0 Å². The summed E-state index contributed by atoms with van der Waals surface area (Å²) in [7, 11) is -3.80. The van der Waals surface area contributed by atoms with Crippen LogP contribution in [0.2, 0.25) is 0 Å². The maximum Gasteiger partial charge on any atom is 0.296 e. The van der Waals surface area contributed by atoms with Gasteiger partial charge in [0.25, 0.3) is 10.1 Å². The highest BCUT2D eigenvalue weighted by atomic mass is 32.2. The summed E-state index contributed by atoms with van der Waals surface area (Å²) in [5, 5.41) is 0. The third kappa shape index (κ3) is 6.52. The number of hydrogen-bond donors (Lipinski definition) is 0. The average Bonchev–Trinajstić information content (AvgIpc) is 2.75. The zero-order valence-electron chi connectivity index (χ0n) is 18.8. The van der Waals surface area contributed by atoms with E-state index in [0.29, 0.717) is 13.2 Å². The Morgan fingerprint density at radius 3 is 2.39 bits per heavy atom. The standard InChI is InChI=1S/C26H34O4S/c1-21-12-14-24(15-13-21)31(27,28)30-20-25(26(3)16-8-5-9-17-26)22(2)18-29-19-23-10-6-4-7-11-23/h4,6-8,10-16,22,25H,5,9,17-20H2,1-3H3/t22-,25+,26-/m1/s1. The van der Waals surface area contributed by atoms with Gasteiger partial charge in [0.05, 0.1) is 18.1 Å². The molecular weight excluding hydrogens is 408 g/mol. The molecule has 2 aromatic carbocycles. The molecule has 0 bridgehead atoms. The lowest BCUT2D eigenvalue weighted by Gasteiger charge is -2.40. The van der Waals surface area contributed by atoms with E-state index in [1.807, 2.05) is 37.3 Å². The molecule has 3 rings (SSSR count). The summed E-state index contributed by atoms with van der Waals surface area (Å²) in [6, 6.07) is 16.9. The van der Waals surface area contributed by atoms with E-state index in [9.17, 15) is 8.42 Å². The van der Waals surface area contributed by atoms with Gasteiger partial charge in [0.1, 0.15) is 0 Å². The smallest absolute Gasteiger partial charge is 0.296 e. The van der Waals surface area contributed by atoms with Crippen LogP contribution in [0.4, 0.5) is 0 Å². The second-order valence-corrected chi connectivity index (χ2v) is 10.6. The fourth-order valence-electron chi connectivity index (χ4n) is 4.34. The largest absolute Gasteiger partial charge is 0.376 e. The van der Waals surface area contributed by atoms with E-state index < -0.39 is 10.1 Å². The number of ether oxygens (including phenoxy) is 1. The van der Waals surface area contributed by atoms with Gasteiger partial charge in [-0.1, -0.05) is 74.0 Å². The second kappa shape index (κ2) is 10.6. The van der Waals surface area contributed by atoms with Crippen LogP contribution in [-0.4, -0.2) is 21.6 Å². The lowest BCUT2D eigenvalue weighted by Crippen LogP contribution is -2.37. The molecule has 0 amide bonds. The lowest BCUT2D eigenvalue weighted by atomic mass is 9.67.